The molecular formula is C44H51ClN8O5. The summed E-state index contributed by atoms with van der Waals surface area (Å²) in [6.45, 7) is 13.5. The highest BCUT2D eigenvalue weighted by atomic mass is 35.5. The average Bonchev–Trinajstić information content (AvgIpc) is 3.85. The minimum atomic E-state index is -0.336. The van der Waals surface area contributed by atoms with Gasteiger partial charge in [-0.25, -0.2) is 28.6 Å². The van der Waals surface area contributed by atoms with E-state index in [1.165, 1.54) is 4.52 Å². The van der Waals surface area contributed by atoms with E-state index in [0.717, 1.165) is 65.1 Å². The highest BCUT2D eigenvalue weighted by Crippen LogP contribution is 2.38. The Bertz CT molecular complexity index is 2460. The molecule has 2 saturated heterocycles. The first-order chi connectivity index (χ1) is 27.9. The molecule has 4 unspecified atom stereocenters. The van der Waals surface area contributed by atoms with Crippen molar-refractivity contribution in [3.8, 4) is 0 Å². The van der Waals surface area contributed by atoms with Gasteiger partial charge in [-0.3, -0.25) is 19.7 Å². The Morgan fingerprint density at radius 2 is 1.26 bits per heavy atom. The Hall–Kier alpha value is -5.69. The van der Waals surface area contributed by atoms with Crippen molar-refractivity contribution in [3.05, 3.63) is 133 Å². The van der Waals surface area contributed by atoms with E-state index in [1.807, 2.05) is 93.6 Å². The summed E-state index contributed by atoms with van der Waals surface area (Å²) in [4.78, 5) is 51.1. The first-order valence-corrected chi connectivity index (χ1v) is 20.3. The molecule has 1 N–H and O–H groups in total. The van der Waals surface area contributed by atoms with Crippen LogP contribution in [0, 0.1) is 39.5 Å². The summed E-state index contributed by atoms with van der Waals surface area (Å²) in [5.74, 6) is 0.498. The third-order valence-electron chi connectivity index (χ3n) is 11.5. The predicted molar refractivity (Wildman–Crippen MR) is 222 cm³/mol. The van der Waals surface area contributed by atoms with E-state index in [4.69, 9.17) is 26.2 Å². The van der Waals surface area contributed by atoms with Gasteiger partial charge in [-0.05, 0) is 76.3 Å². The van der Waals surface area contributed by atoms with Crippen molar-refractivity contribution in [2.45, 2.75) is 92.5 Å². The maximum Gasteiger partial charge on any atom is 0.410 e. The zero-order chi connectivity index (χ0) is 41.1. The zero-order valence-electron chi connectivity index (χ0n) is 33.9. The molecule has 0 spiro atoms. The van der Waals surface area contributed by atoms with E-state index in [-0.39, 0.29) is 54.9 Å². The van der Waals surface area contributed by atoms with Crippen LogP contribution >= 0.6 is 11.6 Å². The molecule has 4 aromatic heterocycles. The lowest BCUT2D eigenvalue weighted by molar-refractivity contribution is 0.0497. The molecule has 4 atom stereocenters. The van der Waals surface area contributed by atoms with Gasteiger partial charge >= 0.3 is 12.2 Å². The fourth-order valence-electron chi connectivity index (χ4n) is 8.03. The molecule has 0 bridgehead atoms. The number of hydrogen-bond donors (Lipinski definition) is 1. The zero-order valence-corrected chi connectivity index (χ0v) is 34.7. The summed E-state index contributed by atoms with van der Waals surface area (Å²) in [6.07, 6.45) is 3.26. The fourth-order valence-corrected chi connectivity index (χ4v) is 8.29. The molecule has 14 heteroatoms. The number of aromatic nitrogens is 6. The summed E-state index contributed by atoms with van der Waals surface area (Å²) in [6, 6.07) is 22.8. The molecular weight excluding hydrogens is 756 g/mol. The summed E-state index contributed by atoms with van der Waals surface area (Å²) >= 11 is 6.49. The lowest BCUT2D eigenvalue weighted by Crippen LogP contribution is -2.42. The Labute approximate surface area is 342 Å². The van der Waals surface area contributed by atoms with Gasteiger partial charge in [-0.15, -0.1) is 0 Å². The van der Waals surface area contributed by atoms with E-state index in [0.29, 0.717) is 35.1 Å². The van der Waals surface area contributed by atoms with Gasteiger partial charge in [-0.1, -0.05) is 86.1 Å². The van der Waals surface area contributed by atoms with E-state index < -0.39 is 0 Å². The standard InChI is InChI=1S/C22H25ClN4O2.C22H26N4O3/c1-14-8-7-11-26(22(28)29-13-17-9-5-4-6-10-17)20(14)18-12-19-24-16(3)15(2)21(23)27(19)25-18;1-14-8-7-11-25(22(28)29-13-17-9-5-4-6-10-17)20(14)18-12-19-23-16(3)15(2)21(27)26(19)24-18/h4-6,9-10,12,14,20H,7-8,11,13H2,1-3H3;4-6,9-10,12,14,20,24H,7-8,11,13H2,1-3H3. The predicted octanol–water partition coefficient (Wildman–Crippen LogP) is 8.86. The van der Waals surface area contributed by atoms with Crippen LogP contribution < -0.4 is 5.56 Å². The van der Waals surface area contributed by atoms with Crippen LogP contribution in [-0.2, 0) is 22.7 Å². The number of halogens is 1. The number of piperidine rings is 2. The number of likely N-dealkylation sites (tertiary alicyclic amines) is 2. The largest absolute Gasteiger partial charge is 0.445 e. The number of amides is 2. The number of rotatable bonds is 6. The molecule has 2 aromatic carbocycles. The maximum absolute atomic E-state index is 12.9. The Balaban J connectivity index is 0.000000177. The first kappa shape index (κ1) is 40.5. The Morgan fingerprint density at radius 3 is 1.84 bits per heavy atom. The number of carbonyl (C=O) groups excluding carboxylic acids is 2. The highest BCUT2D eigenvalue weighted by Gasteiger charge is 2.37. The van der Waals surface area contributed by atoms with Gasteiger partial charge in [0.15, 0.2) is 11.3 Å². The van der Waals surface area contributed by atoms with E-state index >= 15 is 0 Å². The summed E-state index contributed by atoms with van der Waals surface area (Å²) < 4.78 is 14.3. The molecule has 6 aromatic rings. The van der Waals surface area contributed by atoms with Crippen LogP contribution in [0.1, 0.15) is 96.6 Å². The SMILES string of the molecule is Cc1nc2cc(C3C(C)CCCN3C(=O)OCc3ccccc3)[nH]n2c(=O)c1C.Cc1nc2cc(C3C(C)CCCN3C(=O)OCc3ccccc3)nn2c(Cl)c1C. The Morgan fingerprint density at radius 1 is 0.741 bits per heavy atom. The van der Waals surface area contributed by atoms with E-state index in [1.54, 1.807) is 21.2 Å². The van der Waals surface area contributed by atoms with Crippen LogP contribution in [0.15, 0.2) is 77.6 Å². The van der Waals surface area contributed by atoms with E-state index in [2.05, 4.69) is 28.9 Å². The van der Waals surface area contributed by atoms with E-state index in [9.17, 15) is 14.4 Å². The van der Waals surface area contributed by atoms with Crippen LogP contribution in [0.3, 0.4) is 0 Å². The van der Waals surface area contributed by atoms with Crippen molar-refractivity contribution in [3.63, 3.8) is 0 Å². The van der Waals surface area contributed by atoms with Crippen molar-refractivity contribution < 1.29 is 19.1 Å². The molecule has 13 nitrogen and oxygen atoms in total. The summed E-state index contributed by atoms with van der Waals surface area (Å²) in [5.41, 5.74) is 7.81. The molecule has 0 saturated carbocycles. The van der Waals surface area contributed by atoms with Crippen LogP contribution in [0.25, 0.3) is 11.3 Å². The lowest BCUT2D eigenvalue weighted by atomic mass is 9.89. The number of H-pyrrole nitrogens is 1. The topological polar surface area (TPSA) is 139 Å². The van der Waals surface area contributed by atoms with Crippen LogP contribution in [0.5, 0.6) is 0 Å². The van der Waals surface area contributed by atoms with Gasteiger partial charge < -0.3 is 9.47 Å². The molecule has 2 fully saturated rings. The van der Waals surface area contributed by atoms with Crippen LogP contribution in [-0.4, -0.2) is 64.3 Å². The molecule has 8 rings (SSSR count). The number of fused-ring (bicyclic) bond motifs is 2. The number of nitrogens with zero attached hydrogens (tertiary/aromatic N) is 7. The van der Waals surface area contributed by atoms with Crippen molar-refractivity contribution in [1.82, 2.24) is 39.0 Å². The molecule has 2 amide bonds. The second kappa shape index (κ2) is 17.4. The molecule has 0 radical (unpaired) electrons. The lowest BCUT2D eigenvalue weighted by Gasteiger charge is -2.38. The quantitative estimate of drug-likeness (QED) is 0.165. The number of carbonyl (C=O) groups is 2. The van der Waals surface area contributed by atoms with Crippen molar-refractivity contribution in [1.29, 1.82) is 0 Å². The molecule has 0 aliphatic carbocycles. The smallest absolute Gasteiger partial charge is 0.410 e. The summed E-state index contributed by atoms with van der Waals surface area (Å²) in [5, 5.41) is 8.45. The molecule has 304 valence electrons. The number of benzene rings is 2. The number of aryl methyl sites for hydroxylation is 2. The van der Waals surface area contributed by atoms with Crippen molar-refractivity contribution in [2.75, 3.05) is 13.1 Å². The first-order valence-electron chi connectivity index (χ1n) is 20.0. The molecule has 58 heavy (non-hydrogen) atoms. The van der Waals surface area contributed by atoms with Crippen molar-refractivity contribution in [2.24, 2.45) is 11.8 Å². The second-order valence-electron chi connectivity index (χ2n) is 15.6. The minimum Gasteiger partial charge on any atom is -0.445 e. The van der Waals surface area contributed by atoms with Gasteiger partial charge in [-0.2, -0.15) is 5.10 Å². The monoisotopic (exact) mass is 806 g/mol. The highest BCUT2D eigenvalue weighted by molar-refractivity contribution is 6.30. The third kappa shape index (κ3) is 8.45. The van der Waals surface area contributed by atoms with Gasteiger partial charge in [0.25, 0.3) is 5.56 Å². The van der Waals surface area contributed by atoms with Crippen LogP contribution in [0.4, 0.5) is 9.59 Å². The number of aromatic amines is 1. The second-order valence-corrected chi connectivity index (χ2v) is 15.9. The van der Waals surface area contributed by atoms with Crippen molar-refractivity contribution >= 4 is 35.1 Å². The number of nitrogens with one attached hydrogen (secondary N) is 1. The fraction of sp³-hybridized carbons (Fsp3) is 0.409. The maximum atomic E-state index is 12.9. The van der Waals surface area contributed by atoms with Gasteiger partial charge in [0, 0.05) is 47.7 Å². The molecule has 2 aliphatic heterocycles. The molecule has 6 heterocycles. The van der Waals surface area contributed by atoms with Crippen LogP contribution in [0.2, 0.25) is 5.15 Å². The number of hydrogen-bond acceptors (Lipinski definition) is 8. The average molecular weight is 807 g/mol. The minimum absolute atomic E-state index is 0.111. The van der Waals surface area contributed by atoms with Gasteiger partial charge in [0.05, 0.1) is 23.5 Å². The number of ether oxygens (including phenoxy) is 2. The third-order valence-corrected chi connectivity index (χ3v) is 11.9. The normalized spacial score (nSPS) is 19.5. The van der Waals surface area contributed by atoms with Gasteiger partial charge in [0.2, 0.25) is 0 Å². The Kier molecular flexibility index (Phi) is 12.2. The molecule has 2 aliphatic rings. The van der Waals surface area contributed by atoms with Gasteiger partial charge in [0.1, 0.15) is 18.4 Å². The summed E-state index contributed by atoms with van der Waals surface area (Å²) in [7, 11) is 0.